The number of nitrogens with one attached hydrogen (secondary N) is 1. The standard InChI is InChI=1S/C12H16N2OS/c1-7-6-13-12(16-7)14-11(15)10-5-8-2-3-9(10)4-8/h6,8-10H,2-5H2,1H3,(H,13,14,15)/t8-,9+,10-/m1/s1. The van der Waals surface area contributed by atoms with E-state index in [2.05, 4.69) is 10.3 Å². The summed E-state index contributed by atoms with van der Waals surface area (Å²) in [6.07, 6.45) is 6.77. The molecule has 16 heavy (non-hydrogen) atoms. The van der Waals surface area contributed by atoms with Gasteiger partial charge in [-0.2, -0.15) is 0 Å². The van der Waals surface area contributed by atoms with E-state index in [4.69, 9.17) is 0 Å². The molecule has 1 heterocycles. The van der Waals surface area contributed by atoms with Gasteiger partial charge < -0.3 is 5.32 Å². The number of rotatable bonds is 2. The summed E-state index contributed by atoms with van der Waals surface area (Å²) >= 11 is 1.55. The zero-order valence-corrected chi connectivity index (χ0v) is 10.2. The highest BCUT2D eigenvalue weighted by Gasteiger charge is 2.43. The monoisotopic (exact) mass is 236 g/mol. The second kappa shape index (κ2) is 3.84. The number of carbonyl (C=O) groups excluding carboxylic acids is 1. The molecule has 0 spiro atoms. The molecule has 2 bridgehead atoms. The van der Waals surface area contributed by atoms with Gasteiger partial charge in [-0.3, -0.25) is 4.79 Å². The molecule has 3 atom stereocenters. The number of fused-ring (bicyclic) bond motifs is 2. The maximum atomic E-state index is 12.1. The molecule has 0 saturated heterocycles. The third-order valence-electron chi connectivity index (χ3n) is 3.93. The van der Waals surface area contributed by atoms with E-state index >= 15 is 0 Å². The molecule has 0 aliphatic heterocycles. The van der Waals surface area contributed by atoms with Crippen LogP contribution in [0.15, 0.2) is 6.20 Å². The molecule has 2 aliphatic carbocycles. The van der Waals surface area contributed by atoms with Gasteiger partial charge in [-0.25, -0.2) is 4.98 Å². The average molecular weight is 236 g/mol. The smallest absolute Gasteiger partial charge is 0.229 e. The Morgan fingerprint density at radius 3 is 2.94 bits per heavy atom. The van der Waals surface area contributed by atoms with Crippen molar-refractivity contribution in [3.63, 3.8) is 0 Å². The fourth-order valence-corrected chi connectivity index (χ4v) is 3.84. The minimum Gasteiger partial charge on any atom is -0.302 e. The minimum atomic E-state index is 0.196. The molecule has 0 aromatic carbocycles. The zero-order chi connectivity index (χ0) is 11.1. The third-order valence-corrected chi connectivity index (χ3v) is 4.75. The van der Waals surface area contributed by atoms with Crippen LogP contribution in [0.2, 0.25) is 0 Å². The lowest BCUT2D eigenvalue weighted by Crippen LogP contribution is -2.27. The van der Waals surface area contributed by atoms with Crippen molar-refractivity contribution < 1.29 is 4.79 Å². The molecular weight excluding hydrogens is 220 g/mol. The summed E-state index contributed by atoms with van der Waals surface area (Å²) in [5, 5.41) is 3.71. The van der Waals surface area contributed by atoms with Gasteiger partial charge in [-0.05, 0) is 38.0 Å². The molecule has 3 nitrogen and oxygen atoms in total. The molecule has 0 radical (unpaired) electrons. The van der Waals surface area contributed by atoms with Crippen LogP contribution < -0.4 is 5.32 Å². The van der Waals surface area contributed by atoms with E-state index in [0.29, 0.717) is 5.92 Å². The number of hydrogen-bond donors (Lipinski definition) is 1. The number of thiazole rings is 1. The Morgan fingerprint density at radius 1 is 1.50 bits per heavy atom. The Hall–Kier alpha value is -0.900. The van der Waals surface area contributed by atoms with Gasteiger partial charge in [0.1, 0.15) is 0 Å². The van der Waals surface area contributed by atoms with E-state index in [1.165, 1.54) is 19.3 Å². The van der Waals surface area contributed by atoms with Crippen molar-refractivity contribution in [1.29, 1.82) is 0 Å². The first-order valence-corrected chi connectivity index (χ1v) is 6.77. The highest BCUT2D eigenvalue weighted by atomic mass is 32.1. The van der Waals surface area contributed by atoms with Gasteiger partial charge in [0.15, 0.2) is 5.13 Å². The van der Waals surface area contributed by atoms with E-state index < -0.39 is 0 Å². The molecule has 86 valence electrons. The van der Waals surface area contributed by atoms with Crippen molar-refractivity contribution in [3.8, 4) is 0 Å². The van der Waals surface area contributed by atoms with Gasteiger partial charge in [0.25, 0.3) is 0 Å². The van der Waals surface area contributed by atoms with Crippen molar-refractivity contribution in [1.82, 2.24) is 4.98 Å². The van der Waals surface area contributed by atoms with Crippen molar-refractivity contribution in [2.45, 2.75) is 32.6 Å². The molecule has 1 aromatic rings. The van der Waals surface area contributed by atoms with Crippen LogP contribution in [-0.2, 0) is 4.79 Å². The Morgan fingerprint density at radius 2 is 2.38 bits per heavy atom. The number of amides is 1. The zero-order valence-electron chi connectivity index (χ0n) is 9.40. The van der Waals surface area contributed by atoms with Crippen LogP contribution in [0, 0.1) is 24.7 Å². The van der Waals surface area contributed by atoms with E-state index in [1.54, 1.807) is 17.5 Å². The predicted molar refractivity (Wildman–Crippen MR) is 64.4 cm³/mol. The number of carbonyl (C=O) groups is 1. The second-order valence-corrected chi connectivity index (χ2v) is 6.28. The van der Waals surface area contributed by atoms with Crippen molar-refractivity contribution >= 4 is 22.4 Å². The fraction of sp³-hybridized carbons (Fsp3) is 0.667. The van der Waals surface area contributed by atoms with Gasteiger partial charge in [0.05, 0.1) is 0 Å². The van der Waals surface area contributed by atoms with Gasteiger partial charge in [0, 0.05) is 17.0 Å². The minimum absolute atomic E-state index is 0.196. The van der Waals surface area contributed by atoms with Crippen LogP contribution in [0.1, 0.15) is 30.6 Å². The highest BCUT2D eigenvalue weighted by molar-refractivity contribution is 7.15. The van der Waals surface area contributed by atoms with Crippen LogP contribution in [-0.4, -0.2) is 10.9 Å². The predicted octanol–water partition coefficient (Wildman–Crippen LogP) is 2.83. The van der Waals surface area contributed by atoms with Gasteiger partial charge >= 0.3 is 0 Å². The van der Waals surface area contributed by atoms with Crippen LogP contribution in [0.3, 0.4) is 0 Å². The topological polar surface area (TPSA) is 42.0 Å². The quantitative estimate of drug-likeness (QED) is 0.858. The van der Waals surface area contributed by atoms with E-state index in [-0.39, 0.29) is 11.8 Å². The number of hydrogen-bond acceptors (Lipinski definition) is 3. The molecular formula is C12H16N2OS. The summed E-state index contributed by atoms with van der Waals surface area (Å²) in [7, 11) is 0. The largest absolute Gasteiger partial charge is 0.302 e. The third kappa shape index (κ3) is 1.75. The Kier molecular flexibility index (Phi) is 2.46. The lowest BCUT2D eigenvalue weighted by molar-refractivity contribution is -0.121. The summed E-state index contributed by atoms with van der Waals surface area (Å²) in [5.74, 6) is 1.91. The van der Waals surface area contributed by atoms with Crippen molar-refractivity contribution in [2.24, 2.45) is 17.8 Å². The first kappa shape index (κ1) is 10.3. The van der Waals surface area contributed by atoms with Gasteiger partial charge in [-0.1, -0.05) is 6.42 Å². The summed E-state index contributed by atoms with van der Waals surface area (Å²) in [6.45, 7) is 2.00. The normalized spacial score (nSPS) is 31.9. The first-order chi connectivity index (χ1) is 7.72. The molecule has 2 fully saturated rings. The molecule has 2 aliphatic rings. The molecule has 2 saturated carbocycles. The summed E-state index contributed by atoms with van der Waals surface area (Å²) in [6, 6.07) is 0. The maximum absolute atomic E-state index is 12.1. The Labute approximate surface area is 99.3 Å². The van der Waals surface area contributed by atoms with Crippen LogP contribution in [0.4, 0.5) is 5.13 Å². The lowest BCUT2D eigenvalue weighted by atomic mass is 9.88. The Balaban J connectivity index is 1.65. The SMILES string of the molecule is Cc1cnc(NC(=O)[C@@H]2C[C@@H]3CC[C@H]2C3)s1. The molecule has 1 aromatic heterocycles. The summed E-state index contributed by atoms with van der Waals surface area (Å²) in [5.41, 5.74) is 0. The number of nitrogens with zero attached hydrogens (tertiary/aromatic N) is 1. The van der Waals surface area contributed by atoms with Gasteiger partial charge in [-0.15, -0.1) is 11.3 Å². The van der Waals surface area contributed by atoms with Gasteiger partial charge in [0.2, 0.25) is 5.91 Å². The van der Waals surface area contributed by atoms with Crippen LogP contribution in [0.5, 0.6) is 0 Å². The maximum Gasteiger partial charge on any atom is 0.229 e. The molecule has 0 unspecified atom stereocenters. The average Bonchev–Trinajstić information content (AvgIpc) is 2.93. The van der Waals surface area contributed by atoms with Crippen LogP contribution >= 0.6 is 11.3 Å². The number of anilines is 1. The fourth-order valence-electron chi connectivity index (χ4n) is 3.18. The van der Waals surface area contributed by atoms with E-state index in [1.807, 2.05) is 6.92 Å². The summed E-state index contributed by atoms with van der Waals surface area (Å²) in [4.78, 5) is 17.4. The number of aromatic nitrogens is 1. The van der Waals surface area contributed by atoms with Crippen molar-refractivity contribution in [3.05, 3.63) is 11.1 Å². The lowest BCUT2D eigenvalue weighted by Gasteiger charge is -2.19. The number of aryl methyl sites for hydroxylation is 1. The summed E-state index contributed by atoms with van der Waals surface area (Å²) < 4.78 is 0. The molecule has 1 amide bonds. The second-order valence-electron chi connectivity index (χ2n) is 5.05. The van der Waals surface area contributed by atoms with Crippen LogP contribution in [0.25, 0.3) is 0 Å². The Bertz CT molecular complexity index is 415. The molecule has 4 heteroatoms. The van der Waals surface area contributed by atoms with Crippen molar-refractivity contribution in [2.75, 3.05) is 5.32 Å². The first-order valence-electron chi connectivity index (χ1n) is 5.95. The molecule has 3 rings (SSSR count). The van der Waals surface area contributed by atoms with E-state index in [0.717, 1.165) is 22.3 Å². The molecule has 1 N–H and O–H groups in total. The van der Waals surface area contributed by atoms with E-state index in [9.17, 15) is 4.79 Å². The highest BCUT2D eigenvalue weighted by Crippen LogP contribution is 2.48.